The van der Waals surface area contributed by atoms with Gasteiger partial charge in [-0.25, -0.2) is 9.78 Å². The van der Waals surface area contributed by atoms with Crippen LogP contribution in [0.2, 0.25) is 0 Å². The van der Waals surface area contributed by atoms with Crippen LogP contribution in [-0.2, 0) is 11.2 Å². The number of thiazole rings is 1. The van der Waals surface area contributed by atoms with Gasteiger partial charge in [0.25, 0.3) is 0 Å². The molecule has 0 saturated heterocycles. The molecule has 1 amide bonds. The molecule has 6 nitrogen and oxygen atoms in total. The number of aromatic carboxylic acids is 1. The number of carboxylic acids is 1. The van der Waals surface area contributed by atoms with Crippen molar-refractivity contribution in [1.29, 1.82) is 0 Å². The van der Waals surface area contributed by atoms with Crippen LogP contribution in [0.1, 0.15) is 16.1 Å². The molecule has 0 spiro atoms. The predicted octanol–water partition coefficient (Wildman–Crippen LogP) is 1.35. The van der Waals surface area contributed by atoms with E-state index in [9.17, 15) is 9.59 Å². The highest BCUT2D eigenvalue weighted by atomic mass is 32.1. The zero-order chi connectivity index (χ0) is 14.5. The van der Waals surface area contributed by atoms with E-state index in [0.717, 1.165) is 16.9 Å². The highest BCUT2D eigenvalue weighted by Gasteiger charge is 2.16. The summed E-state index contributed by atoms with van der Waals surface area (Å²) in [4.78, 5) is 26.3. The van der Waals surface area contributed by atoms with Gasteiger partial charge < -0.3 is 16.2 Å². The monoisotopic (exact) mass is 291 g/mol. The molecule has 0 saturated carbocycles. The lowest BCUT2D eigenvalue weighted by molar-refractivity contribution is -0.117. The van der Waals surface area contributed by atoms with Crippen molar-refractivity contribution in [2.75, 3.05) is 5.32 Å². The number of nitrogens with zero attached hydrogens (tertiary/aromatic N) is 1. The number of rotatable bonds is 5. The van der Waals surface area contributed by atoms with Crippen molar-refractivity contribution < 1.29 is 14.7 Å². The molecule has 0 bridgehead atoms. The van der Waals surface area contributed by atoms with E-state index in [1.165, 1.54) is 5.38 Å². The van der Waals surface area contributed by atoms with Crippen LogP contribution in [0.4, 0.5) is 5.13 Å². The smallest absolute Gasteiger partial charge is 0.355 e. The van der Waals surface area contributed by atoms with Crippen LogP contribution in [0.15, 0.2) is 35.7 Å². The minimum atomic E-state index is -1.13. The maximum absolute atomic E-state index is 11.9. The molecule has 0 aliphatic heterocycles. The van der Waals surface area contributed by atoms with Crippen molar-refractivity contribution >= 4 is 28.3 Å². The molecule has 1 heterocycles. The first-order valence-electron chi connectivity index (χ1n) is 5.85. The third-order valence-electron chi connectivity index (χ3n) is 2.59. The van der Waals surface area contributed by atoms with Crippen molar-refractivity contribution in [3.05, 3.63) is 47.0 Å². The van der Waals surface area contributed by atoms with Crippen LogP contribution in [0, 0.1) is 0 Å². The minimum Gasteiger partial charge on any atom is -0.476 e. The standard InChI is InChI=1S/C13H13N3O3S/c14-9(6-8-4-2-1-3-5-8)11(17)16-13-15-10(7-20-13)12(18)19/h1-5,7,9H,6,14H2,(H,18,19)(H,15,16,17). The summed E-state index contributed by atoms with van der Waals surface area (Å²) in [7, 11) is 0. The second-order valence-corrected chi connectivity index (χ2v) is 4.99. The van der Waals surface area contributed by atoms with Crippen molar-refractivity contribution in [3.63, 3.8) is 0 Å². The number of anilines is 1. The summed E-state index contributed by atoms with van der Waals surface area (Å²) in [5.74, 6) is -1.52. The van der Waals surface area contributed by atoms with Crippen molar-refractivity contribution in [2.24, 2.45) is 5.73 Å². The number of carbonyl (C=O) groups excluding carboxylic acids is 1. The second-order valence-electron chi connectivity index (χ2n) is 4.13. The summed E-state index contributed by atoms with van der Waals surface area (Å²) in [6.07, 6.45) is 0.407. The number of carboxylic acid groups (broad SMARTS) is 1. The van der Waals surface area contributed by atoms with E-state index in [-0.39, 0.29) is 16.7 Å². The van der Waals surface area contributed by atoms with Crippen LogP contribution in [0.25, 0.3) is 0 Å². The van der Waals surface area contributed by atoms with E-state index in [1.54, 1.807) is 0 Å². The number of hydrogen-bond acceptors (Lipinski definition) is 5. The lowest BCUT2D eigenvalue weighted by atomic mass is 10.1. The summed E-state index contributed by atoms with van der Waals surface area (Å²) in [6.45, 7) is 0. The highest BCUT2D eigenvalue weighted by molar-refractivity contribution is 7.14. The van der Waals surface area contributed by atoms with Gasteiger partial charge in [0.2, 0.25) is 5.91 Å². The minimum absolute atomic E-state index is 0.0954. The molecule has 1 aromatic carbocycles. The van der Waals surface area contributed by atoms with E-state index in [1.807, 2.05) is 30.3 Å². The molecule has 1 unspecified atom stereocenters. The fourth-order valence-electron chi connectivity index (χ4n) is 1.59. The van der Waals surface area contributed by atoms with E-state index in [0.29, 0.717) is 6.42 Å². The molecular formula is C13H13N3O3S. The average molecular weight is 291 g/mol. The van der Waals surface area contributed by atoms with Gasteiger partial charge in [0.1, 0.15) is 0 Å². The molecule has 2 aromatic rings. The molecule has 0 radical (unpaired) electrons. The number of benzene rings is 1. The van der Waals surface area contributed by atoms with Crippen LogP contribution < -0.4 is 11.1 Å². The van der Waals surface area contributed by atoms with Gasteiger partial charge in [0, 0.05) is 5.38 Å². The van der Waals surface area contributed by atoms with Crippen molar-refractivity contribution in [2.45, 2.75) is 12.5 Å². The molecule has 0 aliphatic carbocycles. The Morgan fingerprint density at radius 3 is 2.65 bits per heavy atom. The molecule has 0 aliphatic rings. The van der Waals surface area contributed by atoms with Crippen LogP contribution in [-0.4, -0.2) is 28.0 Å². The lowest BCUT2D eigenvalue weighted by Gasteiger charge is -2.10. The highest BCUT2D eigenvalue weighted by Crippen LogP contribution is 2.15. The average Bonchev–Trinajstić information content (AvgIpc) is 2.88. The molecule has 20 heavy (non-hydrogen) atoms. The SMILES string of the molecule is NC(Cc1ccccc1)C(=O)Nc1nc(C(=O)O)cs1. The van der Waals surface area contributed by atoms with Crippen LogP contribution in [0.5, 0.6) is 0 Å². The fourth-order valence-corrected chi connectivity index (χ4v) is 2.28. The normalized spacial score (nSPS) is 11.8. The van der Waals surface area contributed by atoms with Gasteiger partial charge >= 0.3 is 5.97 Å². The van der Waals surface area contributed by atoms with Gasteiger partial charge in [-0.2, -0.15) is 0 Å². The Morgan fingerprint density at radius 2 is 2.05 bits per heavy atom. The Kier molecular flexibility index (Phi) is 4.44. The van der Waals surface area contributed by atoms with Gasteiger partial charge in [-0.3, -0.25) is 4.79 Å². The summed E-state index contributed by atoms with van der Waals surface area (Å²) < 4.78 is 0. The van der Waals surface area contributed by atoms with E-state index >= 15 is 0 Å². The predicted molar refractivity (Wildman–Crippen MR) is 75.8 cm³/mol. The molecule has 1 atom stereocenters. The summed E-state index contributed by atoms with van der Waals surface area (Å²) in [5, 5.41) is 12.9. The first-order valence-corrected chi connectivity index (χ1v) is 6.73. The Labute approximate surface area is 119 Å². The van der Waals surface area contributed by atoms with E-state index in [4.69, 9.17) is 10.8 Å². The quantitative estimate of drug-likeness (QED) is 0.771. The fraction of sp³-hybridized carbons (Fsp3) is 0.154. The molecule has 2 rings (SSSR count). The number of aromatic nitrogens is 1. The number of carbonyl (C=O) groups is 2. The van der Waals surface area contributed by atoms with Gasteiger partial charge in [-0.1, -0.05) is 30.3 Å². The lowest BCUT2D eigenvalue weighted by Crippen LogP contribution is -2.37. The van der Waals surface area contributed by atoms with E-state index in [2.05, 4.69) is 10.3 Å². The molecule has 104 valence electrons. The number of amides is 1. The summed E-state index contributed by atoms with van der Waals surface area (Å²) in [6, 6.07) is 8.70. The van der Waals surface area contributed by atoms with Crippen molar-refractivity contribution in [1.82, 2.24) is 4.98 Å². The van der Waals surface area contributed by atoms with Crippen molar-refractivity contribution in [3.8, 4) is 0 Å². The Bertz CT molecular complexity index is 612. The topological polar surface area (TPSA) is 105 Å². The molecular weight excluding hydrogens is 278 g/mol. The zero-order valence-electron chi connectivity index (χ0n) is 10.4. The third-order valence-corrected chi connectivity index (χ3v) is 3.35. The van der Waals surface area contributed by atoms with Gasteiger partial charge in [-0.15, -0.1) is 11.3 Å². The maximum atomic E-state index is 11.9. The number of nitrogens with one attached hydrogen (secondary N) is 1. The second kappa shape index (κ2) is 6.27. The maximum Gasteiger partial charge on any atom is 0.355 e. The number of hydrogen-bond donors (Lipinski definition) is 3. The first-order chi connectivity index (χ1) is 9.56. The molecule has 4 N–H and O–H groups in total. The summed E-state index contributed by atoms with van der Waals surface area (Å²) in [5.41, 5.74) is 6.68. The molecule has 0 fully saturated rings. The molecule has 1 aromatic heterocycles. The Hall–Kier alpha value is -2.25. The van der Waals surface area contributed by atoms with Gasteiger partial charge in [0.05, 0.1) is 6.04 Å². The third kappa shape index (κ3) is 3.62. The van der Waals surface area contributed by atoms with Gasteiger partial charge in [0.15, 0.2) is 10.8 Å². The Balaban J connectivity index is 1.95. The largest absolute Gasteiger partial charge is 0.476 e. The van der Waals surface area contributed by atoms with Gasteiger partial charge in [-0.05, 0) is 12.0 Å². The van der Waals surface area contributed by atoms with Crippen LogP contribution >= 0.6 is 11.3 Å². The van der Waals surface area contributed by atoms with Crippen LogP contribution in [0.3, 0.4) is 0 Å². The first kappa shape index (κ1) is 14.2. The number of nitrogens with two attached hydrogens (primary N) is 1. The molecule has 7 heteroatoms. The summed E-state index contributed by atoms with van der Waals surface area (Å²) >= 11 is 1.05. The van der Waals surface area contributed by atoms with E-state index < -0.39 is 12.0 Å². The zero-order valence-corrected chi connectivity index (χ0v) is 11.3. The Morgan fingerprint density at radius 1 is 1.35 bits per heavy atom.